The van der Waals surface area contributed by atoms with Gasteiger partial charge in [-0.25, -0.2) is 17.9 Å². The monoisotopic (exact) mass is 302 g/mol. The Balaban J connectivity index is 2.06. The van der Waals surface area contributed by atoms with Crippen molar-refractivity contribution in [3.05, 3.63) is 29.6 Å². The molecule has 6 nitrogen and oxygen atoms in total. The molecule has 20 heavy (non-hydrogen) atoms. The van der Waals surface area contributed by atoms with E-state index in [4.69, 9.17) is 9.88 Å². The standard InChI is InChI=1S/C12H15FN2O4S/c13-11-5-9(20(14,17)18)1-2-10(11)12(16)15-6-8-3-4-19-7-8/h1-2,5,8H,3-4,6-7H2,(H,15,16)(H2,14,17,18). The molecule has 0 aromatic heterocycles. The summed E-state index contributed by atoms with van der Waals surface area (Å²) in [4.78, 5) is 11.4. The number of nitrogens with two attached hydrogens (primary N) is 1. The van der Waals surface area contributed by atoms with Gasteiger partial charge in [0.2, 0.25) is 10.0 Å². The van der Waals surface area contributed by atoms with Gasteiger partial charge in [-0.15, -0.1) is 0 Å². The van der Waals surface area contributed by atoms with E-state index >= 15 is 0 Å². The fraction of sp³-hybridized carbons (Fsp3) is 0.417. The van der Waals surface area contributed by atoms with Crippen molar-refractivity contribution in [2.75, 3.05) is 19.8 Å². The molecule has 1 saturated heterocycles. The zero-order valence-corrected chi connectivity index (χ0v) is 11.5. The maximum absolute atomic E-state index is 13.7. The topological polar surface area (TPSA) is 98.5 Å². The summed E-state index contributed by atoms with van der Waals surface area (Å²) in [5.41, 5.74) is -0.212. The Kier molecular flexibility index (Phi) is 4.36. The molecule has 1 heterocycles. The van der Waals surface area contributed by atoms with E-state index in [-0.39, 0.29) is 16.4 Å². The highest BCUT2D eigenvalue weighted by Gasteiger charge is 2.19. The van der Waals surface area contributed by atoms with E-state index in [2.05, 4.69) is 5.32 Å². The number of hydrogen-bond acceptors (Lipinski definition) is 4. The van der Waals surface area contributed by atoms with Crippen molar-refractivity contribution in [3.63, 3.8) is 0 Å². The number of nitrogens with one attached hydrogen (secondary N) is 1. The van der Waals surface area contributed by atoms with Crippen molar-refractivity contribution in [1.29, 1.82) is 0 Å². The molecule has 2 rings (SSSR count). The maximum Gasteiger partial charge on any atom is 0.254 e. The van der Waals surface area contributed by atoms with E-state index in [0.717, 1.165) is 24.6 Å². The second kappa shape index (κ2) is 5.86. The lowest BCUT2D eigenvalue weighted by atomic mass is 10.1. The summed E-state index contributed by atoms with van der Waals surface area (Å²) in [5.74, 6) is -1.28. The number of primary sulfonamides is 1. The van der Waals surface area contributed by atoms with Gasteiger partial charge in [0.15, 0.2) is 0 Å². The van der Waals surface area contributed by atoms with E-state index in [1.807, 2.05) is 0 Å². The fourth-order valence-electron chi connectivity index (χ4n) is 1.93. The third-order valence-corrected chi connectivity index (χ3v) is 4.00. The molecular weight excluding hydrogens is 287 g/mol. The molecular formula is C12H15FN2O4S. The molecule has 1 aromatic carbocycles. The SMILES string of the molecule is NS(=O)(=O)c1ccc(C(=O)NCC2CCOC2)c(F)c1. The number of sulfonamides is 1. The van der Waals surface area contributed by atoms with Gasteiger partial charge in [0, 0.05) is 19.1 Å². The minimum atomic E-state index is -3.98. The van der Waals surface area contributed by atoms with Gasteiger partial charge in [0.05, 0.1) is 17.1 Å². The predicted octanol–water partition coefficient (Wildman–Crippen LogP) is 0.239. The highest BCUT2D eigenvalue weighted by Crippen LogP contribution is 2.15. The zero-order chi connectivity index (χ0) is 14.8. The average Bonchev–Trinajstić information content (AvgIpc) is 2.87. The molecule has 1 aliphatic rings. The minimum Gasteiger partial charge on any atom is -0.381 e. The van der Waals surface area contributed by atoms with Crippen LogP contribution in [-0.2, 0) is 14.8 Å². The summed E-state index contributed by atoms with van der Waals surface area (Å²) in [6, 6.07) is 2.95. The van der Waals surface area contributed by atoms with Crippen LogP contribution in [0.15, 0.2) is 23.1 Å². The number of amides is 1. The van der Waals surface area contributed by atoms with E-state index in [0.29, 0.717) is 19.8 Å². The lowest BCUT2D eigenvalue weighted by Crippen LogP contribution is -2.30. The van der Waals surface area contributed by atoms with Gasteiger partial charge in [-0.2, -0.15) is 0 Å². The van der Waals surface area contributed by atoms with Crippen molar-refractivity contribution in [1.82, 2.24) is 5.32 Å². The van der Waals surface area contributed by atoms with Crippen LogP contribution in [0, 0.1) is 11.7 Å². The minimum absolute atomic E-state index is 0.212. The van der Waals surface area contributed by atoms with E-state index in [1.165, 1.54) is 0 Å². The fourth-order valence-corrected chi connectivity index (χ4v) is 2.46. The maximum atomic E-state index is 13.7. The van der Waals surface area contributed by atoms with Crippen LogP contribution in [-0.4, -0.2) is 34.1 Å². The first-order valence-corrected chi connectivity index (χ1v) is 7.61. The van der Waals surface area contributed by atoms with Gasteiger partial charge in [-0.3, -0.25) is 4.79 Å². The lowest BCUT2D eigenvalue weighted by molar-refractivity contribution is 0.0941. The number of carbonyl (C=O) groups excluding carboxylic acids is 1. The highest BCUT2D eigenvalue weighted by atomic mass is 32.2. The molecule has 1 aliphatic heterocycles. The van der Waals surface area contributed by atoms with Crippen molar-refractivity contribution in [3.8, 4) is 0 Å². The number of rotatable bonds is 4. The smallest absolute Gasteiger partial charge is 0.254 e. The molecule has 0 radical (unpaired) electrons. The van der Waals surface area contributed by atoms with Crippen molar-refractivity contribution >= 4 is 15.9 Å². The summed E-state index contributed by atoms with van der Waals surface area (Å²) in [7, 11) is -3.98. The van der Waals surface area contributed by atoms with Crippen LogP contribution >= 0.6 is 0 Å². The summed E-state index contributed by atoms with van der Waals surface area (Å²) < 4.78 is 41.0. The molecule has 0 saturated carbocycles. The van der Waals surface area contributed by atoms with Crippen LogP contribution < -0.4 is 10.5 Å². The Bertz CT molecular complexity index is 612. The first kappa shape index (κ1) is 14.9. The largest absolute Gasteiger partial charge is 0.381 e. The molecule has 3 N–H and O–H groups in total. The summed E-state index contributed by atoms with van der Waals surface area (Å²) in [6.07, 6.45) is 0.854. The normalized spacial score (nSPS) is 19.0. The van der Waals surface area contributed by atoms with Crippen molar-refractivity contribution in [2.24, 2.45) is 11.1 Å². The molecule has 1 atom stereocenters. The van der Waals surface area contributed by atoms with Crippen LogP contribution in [0.1, 0.15) is 16.8 Å². The van der Waals surface area contributed by atoms with Gasteiger partial charge in [0.1, 0.15) is 5.82 Å². The van der Waals surface area contributed by atoms with Crippen molar-refractivity contribution < 1.29 is 22.3 Å². The summed E-state index contributed by atoms with van der Waals surface area (Å²) in [5, 5.41) is 7.48. The van der Waals surface area contributed by atoms with E-state index in [9.17, 15) is 17.6 Å². The van der Waals surface area contributed by atoms with E-state index in [1.54, 1.807) is 0 Å². The second-order valence-corrected chi connectivity index (χ2v) is 6.19. The molecule has 1 unspecified atom stereocenters. The van der Waals surface area contributed by atoms with Crippen LogP contribution in [0.25, 0.3) is 0 Å². The first-order chi connectivity index (χ1) is 9.38. The second-order valence-electron chi connectivity index (χ2n) is 4.63. The molecule has 0 spiro atoms. The van der Waals surface area contributed by atoms with Gasteiger partial charge >= 0.3 is 0 Å². The predicted molar refractivity (Wildman–Crippen MR) is 69.0 cm³/mol. The Morgan fingerprint density at radius 3 is 2.80 bits per heavy atom. The quantitative estimate of drug-likeness (QED) is 0.832. The zero-order valence-electron chi connectivity index (χ0n) is 10.6. The Hall–Kier alpha value is -1.51. The Labute approximate surface area is 116 Å². The molecule has 1 amide bonds. The number of ether oxygens (including phenoxy) is 1. The third kappa shape index (κ3) is 3.53. The number of benzene rings is 1. The Morgan fingerprint density at radius 1 is 1.50 bits per heavy atom. The van der Waals surface area contributed by atoms with Gasteiger partial charge in [-0.1, -0.05) is 0 Å². The van der Waals surface area contributed by atoms with Crippen LogP contribution in [0.2, 0.25) is 0 Å². The molecule has 0 bridgehead atoms. The molecule has 0 aliphatic carbocycles. The molecule has 110 valence electrons. The average molecular weight is 302 g/mol. The Morgan fingerprint density at radius 2 is 2.25 bits per heavy atom. The number of halogens is 1. The molecule has 1 aromatic rings. The summed E-state index contributed by atoms with van der Waals surface area (Å²) >= 11 is 0. The van der Waals surface area contributed by atoms with Gasteiger partial charge in [-0.05, 0) is 24.6 Å². The van der Waals surface area contributed by atoms with Gasteiger partial charge < -0.3 is 10.1 Å². The third-order valence-electron chi connectivity index (χ3n) is 3.09. The van der Waals surface area contributed by atoms with Gasteiger partial charge in [0.25, 0.3) is 5.91 Å². The van der Waals surface area contributed by atoms with Crippen molar-refractivity contribution in [2.45, 2.75) is 11.3 Å². The van der Waals surface area contributed by atoms with Crippen LogP contribution in [0.3, 0.4) is 0 Å². The highest BCUT2D eigenvalue weighted by molar-refractivity contribution is 7.89. The number of carbonyl (C=O) groups is 1. The molecule has 8 heteroatoms. The summed E-state index contributed by atoms with van der Waals surface area (Å²) in [6.45, 7) is 1.64. The van der Waals surface area contributed by atoms with Crippen LogP contribution in [0.5, 0.6) is 0 Å². The lowest BCUT2D eigenvalue weighted by Gasteiger charge is -2.10. The van der Waals surface area contributed by atoms with E-state index < -0.39 is 21.7 Å². The van der Waals surface area contributed by atoms with Crippen LogP contribution in [0.4, 0.5) is 4.39 Å². The molecule has 1 fully saturated rings. The number of hydrogen-bond donors (Lipinski definition) is 2. The first-order valence-electron chi connectivity index (χ1n) is 6.06.